The van der Waals surface area contributed by atoms with Gasteiger partial charge in [0.1, 0.15) is 0 Å². The van der Waals surface area contributed by atoms with Crippen LogP contribution in [0.5, 0.6) is 0 Å². The normalized spacial score (nSPS) is 32.7. The molecule has 2 N–H and O–H groups in total. The fraction of sp³-hybridized carbons (Fsp3) is 1.00. The minimum Gasteiger partial charge on any atom is -0.330 e. The molecule has 0 aromatic carbocycles. The first-order valence-corrected chi connectivity index (χ1v) is 8.18. The van der Waals surface area contributed by atoms with Crippen molar-refractivity contribution in [3.8, 4) is 0 Å². The lowest BCUT2D eigenvalue weighted by molar-refractivity contribution is 0.166. The number of hydrogen-bond donors (Lipinski definition) is 1. The van der Waals surface area contributed by atoms with Crippen LogP contribution < -0.4 is 5.73 Å². The summed E-state index contributed by atoms with van der Waals surface area (Å²) in [5.41, 5.74) is 7.09. The van der Waals surface area contributed by atoms with Crippen molar-refractivity contribution in [3.63, 3.8) is 0 Å². The van der Waals surface area contributed by atoms with Gasteiger partial charge in [-0.3, -0.25) is 0 Å². The highest BCUT2D eigenvalue weighted by molar-refractivity contribution is 4.89. The third-order valence-corrected chi connectivity index (χ3v) is 5.29. The summed E-state index contributed by atoms with van der Waals surface area (Å²) in [6, 6.07) is 0. The van der Waals surface area contributed by atoms with Crippen LogP contribution in [0, 0.1) is 16.7 Å². The summed E-state index contributed by atoms with van der Waals surface area (Å²) in [4.78, 5) is 0. The van der Waals surface area contributed by atoms with Gasteiger partial charge in [-0.2, -0.15) is 0 Å². The third kappa shape index (κ3) is 4.57. The topological polar surface area (TPSA) is 26.0 Å². The first-order valence-electron chi connectivity index (χ1n) is 8.18. The Kier molecular flexibility index (Phi) is 8.18. The molecule has 0 heterocycles. The molecule has 2 unspecified atom stereocenters. The second-order valence-corrected chi connectivity index (χ2v) is 6.62. The molecule has 0 amide bonds. The van der Waals surface area contributed by atoms with Crippen molar-refractivity contribution in [1.29, 1.82) is 0 Å². The van der Waals surface area contributed by atoms with Gasteiger partial charge in [0.15, 0.2) is 0 Å². The molecule has 0 aromatic heterocycles. The van der Waals surface area contributed by atoms with Crippen molar-refractivity contribution < 1.29 is 0 Å². The molecule has 0 saturated heterocycles. The van der Waals surface area contributed by atoms with Crippen molar-refractivity contribution in [1.82, 2.24) is 0 Å². The maximum atomic E-state index is 6.06. The van der Waals surface area contributed by atoms with Crippen LogP contribution >= 0.6 is 0 Å². The Morgan fingerprint density at radius 2 is 1.67 bits per heavy atom. The number of rotatable bonds is 4. The fourth-order valence-corrected chi connectivity index (χ4v) is 3.33. The van der Waals surface area contributed by atoms with Gasteiger partial charge in [-0.1, -0.05) is 54.4 Å². The quantitative estimate of drug-likeness (QED) is 0.670. The van der Waals surface area contributed by atoms with E-state index in [0.717, 1.165) is 12.5 Å². The molecule has 0 aliphatic heterocycles. The van der Waals surface area contributed by atoms with Crippen molar-refractivity contribution in [2.45, 2.75) is 86.5 Å². The summed E-state index contributed by atoms with van der Waals surface area (Å²) in [6.07, 6.45) is 9.49. The Labute approximate surface area is 116 Å². The Morgan fingerprint density at radius 1 is 1.06 bits per heavy atom. The molecule has 110 valence electrons. The summed E-state index contributed by atoms with van der Waals surface area (Å²) >= 11 is 0. The van der Waals surface area contributed by atoms with Crippen molar-refractivity contribution in [2.75, 3.05) is 6.54 Å². The van der Waals surface area contributed by atoms with Gasteiger partial charge in [0, 0.05) is 0 Å². The second kappa shape index (κ2) is 8.19. The molecule has 0 spiro atoms. The maximum absolute atomic E-state index is 6.06. The molecule has 1 nitrogen and oxygen atoms in total. The van der Waals surface area contributed by atoms with E-state index in [1.54, 1.807) is 0 Å². The molecule has 2 atom stereocenters. The molecule has 0 bridgehead atoms. The zero-order valence-corrected chi connectivity index (χ0v) is 13.8. The molecule has 0 aromatic rings. The number of nitrogens with two attached hydrogens (primary N) is 1. The van der Waals surface area contributed by atoms with Gasteiger partial charge in [0.2, 0.25) is 0 Å². The van der Waals surface area contributed by atoms with Crippen LogP contribution in [-0.4, -0.2) is 6.54 Å². The summed E-state index contributed by atoms with van der Waals surface area (Å²) in [6.45, 7) is 14.4. The van der Waals surface area contributed by atoms with E-state index in [-0.39, 0.29) is 0 Å². The van der Waals surface area contributed by atoms with Crippen molar-refractivity contribution in [2.24, 2.45) is 22.5 Å². The van der Waals surface area contributed by atoms with Gasteiger partial charge in [-0.15, -0.1) is 0 Å². The van der Waals surface area contributed by atoms with Crippen LogP contribution in [-0.2, 0) is 0 Å². The molecule has 1 aliphatic rings. The molecule has 1 heteroatoms. The Bertz CT molecular complexity index is 212. The van der Waals surface area contributed by atoms with Gasteiger partial charge in [0.05, 0.1) is 0 Å². The molecule has 1 aliphatic carbocycles. The molecular formula is C17H37N. The molecule has 1 fully saturated rings. The fourth-order valence-electron chi connectivity index (χ4n) is 3.33. The lowest BCUT2D eigenvalue weighted by Gasteiger charge is -2.35. The first-order chi connectivity index (χ1) is 8.48. The molecule has 0 radical (unpaired) electrons. The summed E-state index contributed by atoms with van der Waals surface area (Å²) in [5, 5.41) is 0. The zero-order chi connectivity index (χ0) is 14.2. The van der Waals surface area contributed by atoms with E-state index in [4.69, 9.17) is 5.73 Å². The largest absolute Gasteiger partial charge is 0.330 e. The van der Waals surface area contributed by atoms with E-state index in [0.29, 0.717) is 10.8 Å². The molecule has 1 rings (SSSR count). The van der Waals surface area contributed by atoms with Gasteiger partial charge in [-0.25, -0.2) is 0 Å². The Hall–Kier alpha value is -0.0400. The first kappa shape index (κ1) is 18.0. The van der Waals surface area contributed by atoms with Gasteiger partial charge < -0.3 is 5.73 Å². The van der Waals surface area contributed by atoms with E-state index < -0.39 is 0 Å². The minimum absolute atomic E-state index is 0.474. The van der Waals surface area contributed by atoms with Crippen LogP contribution in [0.3, 0.4) is 0 Å². The lowest BCUT2D eigenvalue weighted by Crippen LogP contribution is -2.30. The zero-order valence-electron chi connectivity index (χ0n) is 13.8. The molecule has 1 saturated carbocycles. The highest BCUT2D eigenvalue weighted by Crippen LogP contribution is 2.47. The average molecular weight is 255 g/mol. The van der Waals surface area contributed by atoms with Crippen molar-refractivity contribution >= 4 is 0 Å². The number of hydrogen-bond acceptors (Lipinski definition) is 1. The van der Waals surface area contributed by atoms with Crippen LogP contribution in [0.2, 0.25) is 0 Å². The smallest absolute Gasteiger partial charge is 0.00205 e. The van der Waals surface area contributed by atoms with E-state index in [1.165, 1.54) is 44.9 Å². The van der Waals surface area contributed by atoms with Crippen LogP contribution in [0.1, 0.15) is 86.5 Å². The minimum atomic E-state index is 0.474. The highest BCUT2D eigenvalue weighted by atomic mass is 14.6. The van der Waals surface area contributed by atoms with Gasteiger partial charge in [0.25, 0.3) is 0 Å². The van der Waals surface area contributed by atoms with E-state index in [2.05, 4.69) is 27.7 Å². The maximum Gasteiger partial charge on any atom is -0.00205 e. The van der Waals surface area contributed by atoms with E-state index in [9.17, 15) is 0 Å². The van der Waals surface area contributed by atoms with E-state index in [1.807, 2.05) is 13.8 Å². The molecular weight excluding hydrogens is 218 g/mol. The van der Waals surface area contributed by atoms with Crippen LogP contribution in [0.4, 0.5) is 0 Å². The Morgan fingerprint density at radius 3 is 2.11 bits per heavy atom. The lowest BCUT2D eigenvalue weighted by atomic mass is 9.71. The Balaban J connectivity index is 0.00000137. The second-order valence-electron chi connectivity index (χ2n) is 6.62. The summed E-state index contributed by atoms with van der Waals surface area (Å²) < 4.78 is 0. The van der Waals surface area contributed by atoms with Crippen LogP contribution in [0.15, 0.2) is 0 Å². The summed E-state index contributed by atoms with van der Waals surface area (Å²) in [7, 11) is 0. The van der Waals surface area contributed by atoms with Crippen molar-refractivity contribution in [3.05, 3.63) is 0 Å². The van der Waals surface area contributed by atoms with E-state index >= 15 is 0 Å². The standard InChI is InChI=1S/C15H31N.C2H6/c1-5-7-15(12-16)9-6-8-14(4,10-11-15)13(2)3;1-2/h13H,5-12,16H2,1-4H3;1-2H3. The average Bonchev–Trinajstić information content (AvgIpc) is 2.54. The third-order valence-electron chi connectivity index (χ3n) is 5.29. The SMILES string of the molecule is CC.CCCC1(CN)CCCC(C)(C(C)C)CC1. The van der Waals surface area contributed by atoms with Gasteiger partial charge in [-0.05, 0) is 55.4 Å². The van der Waals surface area contributed by atoms with Gasteiger partial charge >= 0.3 is 0 Å². The van der Waals surface area contributed by atoms with Crippen LogP contribution in [0.25, 0.3) is 0 Å². The predicted molar refractivity (Wildman–Crippen MR) is 83.8 cm³/mol. The summed E-state index contributed by atoms with van der Waals surface area (Å²) in [5.74, 6) is 0.808. The monoisotopic (exact) mass is 255 g/mol. The molecule has 18 heavy (non-hydrogen) atoms. The highest BCUT2D eigenvalue weighted by Gasteiger charge is 2.37. The predicted octanol–water partition coefficient (Wildman–Crippen LogP) is 5.38.